The molecular weight excluding hydrogens is 464 g/mol. The van der Waals surface area contributed by atoms with Crippen molar-refractivity contribution in [2.24, 2.45) is 23.2 Å². The molecule has 1 saturated heterocycles. The predicted octanol–water partition coefficient (Wildman–Crippen LogP) is 4.77. The van der Waals surface area contributed by atoms with Gasteiger partial charge >= 0.3 is 0 Å². The number of ketones is 1. The fourth-order valence-electron chi connectivity index (χ4n) is 8.12. The van der Waals surface area contributed by atoms with Crippen LogP contribution in [0.4, 0.5) is 11.4 Å². The second-order valence-electron chi connectivity index (χ2n) is 11.3. The second-order valence-corrected chi connectivity index (χ2v) is 11.8. The number of carbonyl (C=O) groups excluding carboxylic acids is 1. The van der Waals surface area contributed by atoms with Crippen molar-refractivity contribution in [1.29, 1.82) is 0 Å². The zero-order valence-electron chi connectivity index (χ0n) is 19.1. The zero-order chi connectivity index (χ0) is 21.7. The molecule has 2 heterocycles. The first-order chi connectivity index (χ1) is 15.6. The Kier molecular flexibility index (Phi) is 5.75. The number of hydrogen-bond donors (Lipinski definition) is 1. The first kappa shape index (κ1) is 21.4. The van der Waals surface area contributed by atoms with Gasteiger partial charge in [0.05, 0.1) is 17.9 Å². The maximum absolute atomic E-state index is 13.9. The summed E-state index contributed by atoms with van der Waals surface area (Å²) in [5.74, 6) is 2.92. The molecule has 5 nitrogen and oxygen atoms in total. The molecular formula is C26H37BrN4O. The maximum atomic E-state index is 13.9. The van der Waals surface area contributed by atoms with Gasteiger partial charge in [-0.15, -0.1) is 0 Å². The highest BCUT2D eigenvalue weighted by Crippen LogP contribution is 2.60. The molecule has 6 aliphatic rings. The van der Waals surface area contributed by atoms with Crippen molar-refractivity contribution >= 4 is 33.3 Å². The van der Waals surface area contributed by atoms with Gasteiger partial charge in [0.1, 0.15) is 0 Å². The quantitative estimate of drug-likeness (QED) is 0.546. The van der Waals surface area contributed by atoms with Crippen LogP contribution in [0.1, 0.15) is 57.8 Å². The Bertz CT molecular complexity index is 819. The van der Waals surface area contributed by atoms with E-state index in [0.717, 1.165) is 50.1 Å². The third kappa shape index (κ3) is 3.70. The molecule has 32 heavy (non-hydrogen) atoms. The summed E-state index contributed by atoms with van der Waals surface area (Å²) in [5.41, 5.74) is 2.41. The van der Waals surface area contributed by atoms with E-state index in [4.69, 9.17) is 0 Å². The Labute approximate surface area is 201 Å². The van der Waals surface area contributed by atoms with Crippen LogP contribution < -0.4 is 14.1 Å². The topological polar surface area (TPSA) is 38.8 Å². The van der Waals surface area contributed by atoms with Gasteiger partial charge in [0.25, 0.3) is 0 Å². The van der Waals surface area contributed by atoms with Crippen LogP contribution in [-0.2, 0) is 4.79 Å². The van der Waals surface area contributed by atoms with Crippen LogP contribution in [0.2, 0.25) is 0 Å². The molecule has 1 aromatic rings. The first-order valence-electron chi connectivity index (χ1n) is 12.9. The Hall–Kier alpha value is -1.11. The third-order valence-electron chi connectivity index (χ3n) is 9.24. The van der Waals surface area contributed by atoms with Crippen LogP contribution in [0.3, 0.4) is 0 Å². The van der Waals surface area contributed by atoms with Crippen molar-refractivity contribution in [3.05, 3.63) is 24.3 Å². The lowest BCUT2D eigenvalue weighted by atomic mass is 9.48. The number of hydrogen-bond acceptors (Lipinski definition) is 5. The van der Waals surface area contributed by atoms with Gasteiger partial charge in [0.15, 0.2) is 12.1 Å². The lowest BCUT2D eigenvalue weighted by molar-refractivity contribution is -0.142. The van der Waals surface area contributed by atoms with Gasteiger partial charge in [-0.25, -0.2) is 4.34 Å². The number of carbonyl (C=O) groups is 1. The summed E-state index contributed by atoms with van der Waals surface area (Å²) >= 11 is 3.58. The minimum atomic E-state index is -0.0399. The van der Waals surface area contributed by atoms with Crippen molar-refractivity contribution in [3.63, 3.8) is 0 Å². The summed E-state index contributed by atoms with van der Waals surface area (Å²) in [7, 11) is 0. The number of rotatable bonds is 7. The zero-order valence-corrected chi connectivity index (χ0v) is 20.7. The lowest BCUT2D eigenvalue weighted by Gasteiger charge is -2.56. The van der Waals surface area contributed by atoms with Crippen LogP contribution >= 0.6 is 16.1 Å². The number of nitrogens with one attached hydrogen (secondary N) is 1. The Morgan fingerprint density at radius 1 is 0.906 bits per heavy atom. The SMILES string of the molecule is O=C(CN1c2ccccc2N(CCN2CCCCC2)C1NBr)C12CC3CC(CC(C3)C1)C2. The molecule has 4 bridgehead atoms. The van der Waals surface area contributed by atoms with Crippen molar-refractivity contribution in [2.75, 3.05) is 42.5 Å². The minimum absolute atomic E-state index is 0.0185. The first-order valence-corrected chi connectivity index (χ1v) is 13.7. The van der Waals surface area contributed by atoms with Crippen molar-refractivity contribution in [1.82, 2.24) is 9.24 Å². The van der Waals surface area contributed by atoms with Gasteiger partial charge in [-0.1, -0.05) is 18.6 Å². The average Bonchev–Trinajstić information content (AvgIpc) is 3.10. The minimum Gasteiger partial charge on any atom is -0.335 e. The molecule has 7 rings (SSSR count). The number of piperidine rings is 1. The van der Waals surface area contributed by atoms with Gasteiger partial charge in [-0.05, 0) is 94.3 Å². The highest BCUT2D eigenvalue weighted by molar-refractivity contribution is 9.08. The number of anilines is 2. The largest absolute Gasteiger partial charge is 0.335 e. The smallest absolute Gasteiger partial charge is 0.167 e. The molecule has 1 aromatic carbocycles. The van der Waals surface area contributed by atoms with E-state index in [-0.39, 0.29) is 11.7 Å². The number of para-hydroxylation sites is 2. The molecule has 0 aromatic heterocycles. The van der Waals surface area contributed by atoms with Crippen LogP contribution in [0, 0.1) is 23.2 Å². The number of halogens is 1. The fourth-order valence-corrected chi connectivity index (χ4v) is 8.61. The van der Waals surface area contributed by atoms with E-state index in [1.807, 2.05) is 0 Å². The van der Waals surface area contributed by atoms with Crippen molar-refractivity contribution in [2.45, 2.75) is 64.1 Å². The van der Waals surface area contributed by atoms with E-state index < -0.39 is 0 Å². The summed E-state index contributed by atoms with van der Waals surface area (Å²) in [5, 5.41) is 0. The monoisotopic (exact) mass is 500 g/mol. The van der Waals surface area contributed by atoms with E-state index in [0.29, 0.717) is 12.3 Å². The summed E-state index contributed by atoms with van der Waals surface area (Å²) in [6.07, 6.45) is 11.6. The van der Waals surface area contributed by atoms with Gasteiger partial charge in [0.2, 0.25) is 0 Å². The molecule has 174 valence electrons. The molecule has 1 N–H and O–H groups in total. The molecule has 4 aliphatic carbocycles. The second kappa shape index (κ2) is 8.59. The highest BCUT2D eigenvalue weighted by atomic mass is 79.9. The molecule has 1 atom stereocenters. The predicted molar refractivity (Wildman–Crippen MR) is 133 cm³/mol. The normalized spacial score (nSPS) is 36.0. The van der Waals surface area contributed by atoms with Crippen molar-refractivity contribution in [3.8, 4) is 0 Å². The molecule has 0 radical (unpaired) electrons. The lowest BCUT2D eigenvalue weighted by Crippen LogP contribution is -2.56. The van der Waals surface area contributed by atoms with Gasteiger partial charge in [-0.2, -0.15) is 0 Å². The number of Topliss-reactive ketones (excluding diaryl/α,β-unsaturated/α-hetero) is 1. The summed E-state index contributed by atoms with van der Waals surface area (Å²) in [6, 6.07) is 8.65. The summed E-state index contributed by atoms with van der Waals surface area (Å²) in [4.78, 5) is 21.3. The number of fused-ring (bicyclic) bond motifs is 1. The third-order valence-corrected chi connectivity index (χ3v) is 9.65. The average molecular weight is 502 g/mol. The Morgan fingerprint density at radius 3 is 2.09 bits per heavy atom. The Balaban J connectivity index is 1.21. The maximum Gasteiger partial charge on any atom is 0.167 e. The van der Waals surface area contributed by atoms with E-state index >= 15 is 0 Å². The van der Waals surface area contributed by atoms with E-state index in [1.54, 1.807) is 0 Å². The fraction of sp³-hybridized carbons (Fsp3) is 0.731. The number of benzene rings is 1. The van der Waals surface area contributed by atoms with E-state index in [2.05, 4.69) is 59.5 Å². The number of nitrogens with zero attached hydrogens (tertiary/aromatic N) is 3. The standard InChI is InChI=1S/C26H37BrN4O/c27-28-25-30(11-10-29-8-4-1-5-9-29)22-6-2-3-7-23(22)31(25)18-24(32)26-15-19-12-20(16-26)14-21(13-19)17-26/h2-3,6-7,19-21,25,28H,1,4-5,8-18H2. The molecule has 2 aliphatic heterocycles. The Morgan fingerprint density at radius 2 is 1.50 bits per heavy atom. The van der Waals surface area contributed by atoms with Crippen LogP contribution in [-0.4, -0.2) is 49.7 Å². The van der Waals surface area contributed by atoms with Gasteiger partial charge < -0.3 is 14.7 Å². The van der Waals surface area contributed by atoms with Crippen LogP contribution in [0.5, 0.6) is 0 Å². The summed E-state index contributed by atoms with van der Waals surface area (Å²) < 4.78 is 3.37. The molecule has 1 unspecified atom stereocenters. The molecule has 0 amide bonds. The molecule has 4 saturated carbocycles. The van der Waals surface area contributed by atoms with Gasteiger partial charge in [0, 0.05) is 34.7 Å². The van der Waals surface area contributed by atoms with Crippen molar-refractivity contribution < 1.29 is 4.79 Å². The van der Waals surface area contributed by atoms with E-state index in [1.165, 1.54) is 63.0 Å². The molecule has 0 spiro atoms. The number of likely N-dealkylation sites (tertiary alicyclic amines) is 1. The molecule has 6 heteroatoms. The molecule has 5 fully saturated rings. The van der Waals surface area contributed by atoms with Gasteiger partial charge in [-0.3, -0.25) is 4.79 Å². The van der Waals surface area contributed by atoms with Crippen LogP contribution in [0.25, 0.3) is 0 Å². The highest BCUT2D eigenvalue weighted by Gasteiger charge is 2.55. The van der Waals surface area contributed by atoms with Crippen LogP contribution in [0.15, 0.2) is 24.3 Å². The summed E-state index contributed by atoms with van der Waals surface area (Å²) in [6.45, 7) is 5.01. The van der Waals surface area contributed by atoms with E-state index in [9.17, 15) is 4.79 Å².